The second kappa shape index (κ2) is 8.13. The summed E-state index contributed by atoms with van der Waals surface area (Å²) in [6, 6.07) is 14.5. The van der Waals surface area contributed by atoms with Gasteiger partial charge in [-0.2, -0.15) is 0 Å². The van der Waals surface area contributed by atoms with E-state index in [-0.39, 0.29) is 0 Å². The van der Waals surface area contributed by atoms with Gasteiger partial charge in [-0.05, 0) is 61.6 Å². The lowest BCUT2D eigenvalue weighted by atomic mass is 9.83. The van der Waals surface area contributed by atoms with Crippen LogP contribution in [0.5, 0.6) is 0 Å². The molecule has 144 valence electrons. The molecule has 0 radical (unpaired) electrons. The van der Waals surface area contributed by atoms with Crippen LogP contribution in [-0.2, 0) is 16.4 Å². The van der Waals surface area contributed by atoms with Gasteiger partial charge in [0.25, 0.3) is 10.0 Å². The van der Waals surface area contributed by atoms with E-state index >= 15 is 0 Å². The lowest BCUT2D eigenvalue weighted by Gasteiger charge is -2.25. The van der Waals surface area contributed by atoms with E-state index in [0.29, 0.717) is 16.5 Å². The van der Waals surface area contributed by atoms with Crippen LogP contribution in [0.4, 0.5) is 5.69 Å². The van der Waals surface area contributed by atoms with E-state index < -0.39 is 10.0 Å². The number of hydrogen-bond donors (Lipinski definition) is 1. The summed E-state index contributed by atoms with van der Waals surface area (Å²) >= 11 is 0. The summed E-state index contributed by atoms with van der Waals surface area (Å²) in [5.41, 5.74) is 2.93. The molecule has 0 aromatic heterocycles. The van der Waals surface area contributed by atoms with E-state index in [2.05, 4.69) is 9.71 Å². The number of anilines is 1. The standard InChI is InChI=1S/C21H27N3O2S/c1-16(24(2)3)22-15-18-9-7-8-17-14-20(12-13-21(17)18)27(25,26)23-19-10-5-4-6-11-19/h4-6,10-14,18,23H,7-9,15H2,1-3H3. The van der Waals surface area contributed by atoms with Gasteiger partial charge in [-0.25, -0.2) is 8.42 Å². The lowest BCUT2D eigenvalue weighted by Crippen LogP contribution is -2.21. The molecule has 1 unspecified atom stereocenters. The minimum absolute atomic E-state index is 0.318. The molecule has 1 atom stereocenters. The van der Waals surface area contributed by atoms with Gasteiger partial charge in [0.05, 0.1) is 10.7 Å². The Balaban J connectivity index is 1.83. The molecular formula is C21H27N3O2S. The minimum Gasteiger partial charge on any atom is -0.367 e. The summed E-state index contributed by atoms with van der Waals surface area (Å²) in [6.45, 7) is 2.75. The maximum Gasteiger partial charge on any atom is 0.261 e. The first-order valence-corrected chi connectivity index (χ1v) is 10.7. The number of sulfonamides is 1. The molecule has 0 amide bonds. The van der Waals surface area contributed by atoms with Crippen molar-refractivity contribution >= 4 is 21.5 Å². The highest BCUT2D eigenvalue weighted by atomic mass is 32.2. The zero-order chi connectivity index (χ0) is 19.4. The number of nitrogens with one attached hydrogen (secondary N) is 1. The average Bonchev–Trinajstić information content (AvgIpc) is 2.65. The minimum atomic E-state index is -3.59. The second-order valence-corrected chi connectivity index (χ2v) is 8.89. The van der Waals surface area contributed by atoms with E-state index in [1.54, 1.807) is 18.2 Å². The monoisotopic (exact) mass is 385 g/mol. The first-order valence-electron chi connectivity index (χ1n) is 9.26. The first kappa shape index (κ1) is 19.4. The Morgan fingerprint density at radius 3 is 2.63 bits per heavy atom. The van der Waals surface area contributed by atoms with Crippen molar-refractivity contribution in [1.29, 1.82) is 0 Å². The van der Waals surface area contributed by atoms with Crippen molar-refractivity contribution in [2.24, 2.45) is 4.99 Å². The molecule has 5 nitrogen and oxygen atoms in total. The van der Waals surface area contributed by atoms with Gasteiger partial charge >= 0.3 is 0 Å². The van der Waals surface area contributed by atoms with Crippen molar-refractivity contribution in [1.82, 2.24) is 4.90 Å². The van der Waals surface area contributed by atoms with Crippen LogP contribution in [-0.4, -0.2) is 39.8 Å². The molecule has 0 saturated carbocycles. The highest BCUT2D eigenvalue weighted by molar-refractivity contribution is 7.92. The molecule has 27 heavy (non-hydrogen) atoms. The smallest absolute Gasteiger partial charge is 0.261 e. The van der Waals surface area contributed by atoms with Crippen LogP contribution in [0.2, 0.25) is 0 Å². The lowest BCUT2D eigenvalue weighted by molar-refractivity contribution is 0.550. The third-order valence-corrected chi connectivity index (χ3v) is 6.46. The molecule has 2 aromatic rings. The van der Waals surface area contributed by atoms with Crippen molar-refractivity contribution in [3.05, 3.63) is 59.7 Å². The van der Waals surface area contributed by atoms with Crippen molar-refractivity contribution in [2.75, 3.05) is 25.4 Å². The van der Waals surface area contributed by atoms with Crippen LogP contribution in [0.1, 0.15) is 36.8 Å². The van der Waals surface area contributed by atoms with Crippen LogP contribution in [0.15, 0.2) is 58.4 Å². The van der Waals surface area contributed by atoms with Crippen LogP contribution in [0.3, 0.4) is 0 Å². The summed E-state index contributed by atoms with van der Waals surface area (Å²) in [5, 5.41) is 0. The summed E-state index contributed by atoms with van der Waals surface area (Å²) in [4.78, 5) is 7.01. The normalized spacial score (nSPS) is 17.3. The molecule has 2 aromatic carbocycles. The Labute approximate surface area is 162 Å². The molecule has 0 fully saturated rings. The predicted octanol–water partition coefficient (Wildman–Crippen LogP) is 3.89. The Hall–Kier alpha value is -2.34. The molecule has 0 aliphatic heterocycles. The maximum atomic E-state index is 12.7. The van der Waals surface area contributed by atoms with E-state index in [0.717, 1.165) is 37.2 Å². The van der Waals surface area contributed by atoms with Gasteiger partial charge in [0.2, 0.25) is 0 Å². The number of hydrogen-bond acceptors (Lipinski definition) is 3. The number of nitrogens with zero attached hydrogens (tertiary/aromatic N) is 2. The molecule has 0 heterocycles. The molecule has 0 saturated heterocycles. The Bertz CT molecular complexity index is 922. The van der Waals surface area contributed by atoms with Crippen LogP contribution in [0.25, 0.3) is 0 Å². The summed E-state index contributed by atoms with van der Waals surface area (Å²) in [7, 11) is 0.396. The first-order chi connectivity index (χ1) is 12.9. The van der Waals surface area contributed by atoms with Crippen molar-refractivity contribution in [3.8, 4) is 0 Å². The van der Waals surface area contributed by atoms with Gasteiger partial charge in [-0.1, -0.05) is 24.3 Å². The number of rotatable bonds is 5. The number of para-hydroxylation sites is 1. The molecule has 1 aliphatic rings. The van der Waals surface area contributed by atoms with Crippen LogP contribution < -0.4 is 4.72 Å². The number of fused-ring (bicyclic) bond motifs is 1. The van der Waals surface area contributed by atoms with Gasteiger partial charge in [0.15, 0.2) is 0 Å². The van der Waals surface area contributed by atoms with Crippen LogP contribution in [0, 0.1) is 0 Å². The third kappa shape index (κ3) is 4.69. The van der Waals surface area contributed by atoms with E-state index in [1.807, 2.05) is 56.3 Å². The fraction of sp³-hybridized carbons (Fsp3) is 0.381. The molecule has 0 bridgehead atoms. The topological polar surface area (TPSA) is 61.8 Å². The largest absolute Gasteiger partial charge is 0.367 e. The quantitative estimate of drug-likeness (QED) is 0.627. The van der Waals surface area contributed by atoms with Crippen LogP contribution >= 0.6 is 0 Å². The van der Waals surface area contributed by atoms with Crippen molar-refractivity contribution in [3.63, 3.8) is 0 Å². The number of benzene rings is 2. The van der Waals surface area contributed by atoms with E-state index in [1.165, 1.54) is 5.56 Å². The molecular weight excluding hydrogens is 358 g/mol. The summed E-state index contributed by atoms with van der Waals surface area (Å²) in [5.74, 6) is 1.36. The molecule has 1 N–H and O–H groups in total. The second-order valence-electron chi connectivity index (χ2n) is 7.20. The number of aryl methyl sites for hydroxylation is 1. The van der Waals surface area contributed by atoms with Gasteiger partial charge in [-0.15, -0.1) is 0 Å². The molecule has 1 aliphatic carbocycles. The van der Waals surface area contributed by atoms with Gasteiger partial charge in [0, 0.05) is 32.2 Å². The summed E-state index contributed by atoms with van der Waals surface area (Å²) in [6.07, 6.45) is 3.06. The fourth-order valence-electron chi connectivity index (χ4n) is 3.35. The van der Waals surface area contributed by atoms with E-state index in [9.17, 15) is 8.42 Å². The van der Waals surface area contributed by atoms with E-state index in [4.69, 9.17) is 0 Å². The maximum absolute atomic E-state index is 12.7. The fourth-order valence-corrected chi connectivity index (χ4v) is 4.46. The Morgan fingerprint density at radius 1 is 1.19 bits per heavy atom. The highest BCUT2D eigenvalue weighted by Crippen LogP contribution is 2.33. The highest BCUT2D eigenvalue weighted by Gasteiger charge is 2.23. The zero-order valence-corrected chi connectivity index (χ0v) is 17.0. The number of amidine groups is 1. The SMILES string of the molecule is CC(=NCC1CCCc2cc(S(=O)(=O)Nc3ccccc3)ccc21)N(C)C. The summed E-state index contributed by atoms with van der Waals surface area (Å²) < 4.78 is 28.1. The predicted molar refractivity (Wildman–Crippen MR) is 111 cm³/mol. The Morgan fingerprint density at radius 2 is 1.93 bits per heavy atom. The van der Waals surface area contributed by atoms with Gasteiger partial charge < -0.3 is 4.90 Å². The van der Waals surface area contributed by atoms with Gasteiger partial charge in [-0.3, -0.25) is 9.71 Å². The molecule has 3 rings (SSSR count). The van der Waals surface area contributed by atoms with Crippen molar-refractivity contribution < 1.29 is 8.42 Å². The average molecular weight is 386 g/mol. The van der Waals surface area contributed by atoms with Crippen molar-refractivity contribution in [2.45, 2.75) is 37.0 Å². The number of aliphatic imine (C=N–C) groups is 1. The molecule has 0 spiro atoms. The zero-order valence-electron chi connectivity index (χ0n) is 16.1. The molecule has 6 heteroatoms. The third-order valence-electron chi connectivity index (χ3n) is 5.08. The Kier molecular flexibility index (Phi) is 5.85. The van der Waals surface area contributed by atoms with Gasteiger partial charge in [0.1, 0.15) is 0 Å².